The van der Waals surface area contributed by atoms with Gasteiger partial charge in [-0.15, -0.1) is 0 Å². The van der Waals surface area contributed by atoms with Gasteiger partial charge in [0.15, 0.2) is 9.84 Å². The van der Waals surface area contributed by atoms with Crippen molar-refractivity contribution >= 4 is 15.8 Å². The maximum Gasteiger partial charge on any atom is 0.335 e. The highest BCUT2D eigenvalue weighted by Crippen LogP contribution is 2.23. The largest absolute Gasteiger partial charge is 0.478 e. The summed E-state index contributed by atoms with van der Waals surface area (Å²) in [6, 6.07) is 9.63. The summed E-state index contributed by atoms with van der Waals surface area (Å²) in [5, 5.41) is 9.03. The van der Waals surface area contributed by atoms with Crippen molar-refractivity contribution < 1.29 is 22.7 Å². The van der Waals surface area contributed by atoms with Gasteiger partial charge in [0, 0.05) is 5.56 Å². The molecule has 1 N–H and O–H groups in total. The highest BCUT2D eigenvalue weighted by molar-refractivity contribution is 7.90. The van der Waals surface area contributed by atoms with Crippen LogP contribution >= 0.6 is 0 Å². The topological polar surface area (TPSA) is 71.4 Å². The first-order valence-electron chi connectivity index (χ1n) is 6.12. The predicted octanol–water partition coefficient (Wildman–Crippen LogP) is 2.81. The van der Waals surface area contributed by atoms with Gasteiger partial charge < -0.3 is 5.11 Å². The van der Waals surface area contributed by atoms with Crippen LogP contribution in [0.15, 0.2) is 47.4 Å². The number of rotatable bonds is 4. The van der Waals surface area contributed by atoms with Crippen molar-refractivity contribution in [2.45, 2.75) is 17.6 Å². The van der Waals surface area contributed by atoms with E-state index in [1.165, 1.54) is 43.3 Å². The monoisotopic (exact) mass is 308 g/mol. The van der Waals surface area contributed by atoms with Crippen LogP contribution in [0.25, 0.3) is 0 Å². The molecule has 4 nitrogen and oxygen atoms in total. The minimum atomic E-state index is -3.83. The Morgan fingerprint density at radius 1 is 1.14 bits per heavy atom. The van der Waals surface area contributed by atoms with Gasteiger partial charge in [-0.25, -0.2) is 17.6 Å². The number of aromatic carboxylic acids is 1. The average Bonchev–Trinajstić information content (AvgIpc) is 2.41. The normalized spacial score (nSPS) is 11.3. The molecule has 0 amide bonds. The standard InChI is InChI=1S/C15H13FO4S/c1-10-12(15(17)18)6-4-8-14(10)21(19,20)9-11-5-2-3-7-13(11)16/h2-8H,9H2,1H3,(H,17,18). The van der Waals surface area contributed by atoms with Crippen LogP contribution in [-0.4, -0.2) is 19.5 Å². The van der Waals surface area contributed by atoms with Gasteiger partial charge in [0.05, 0.1) is 16.2 Å². The molecule has 0 radical (unpaired) electrons. The van der Waals surface area contributed by atoms with E-state index in [4.69, 9.17) is 5.11 Å². The number of carboxylic acid groups (broad SMARTS) is 1. The summed E-state index contributed by atoms with van der Waals surface area (Å²) in [6.45, 7) is 1.43. The maximum absolute atomic E-state index is 13.6. The fraction of sp³-hybridized carbons (Fsp3) is 0.133. The SMILES string of the molecule is Cc1c(C(=O)O)cccc1S(=O)(=O)Cc1ccccc1F. The van der Waals surface area contributed by atoms with Crippen molar-refractivity contribution in [3.8, 4) is 0 Å². The minimum Gasteiger partial charge on any atom is -0.478 e. The Balaban J connectivity index is 2.48. The molecule has 2 rings (SSSR count). The highest BCUT2D eigenvalue weighted by atomic mass is 32.2. The molecule has 0 saturated heterocycles. The third kappa shape index (κ3) is 3.11. The molecule has 0 aliphatic rings. The smallest absolute Gasteiger partial charge is 0.335 e. The second-order valence-electron chi connectivity index (χ2n) is 4.58. The summed E-state index contributed by atoms with van der Waals surface area (Å²) < 4.78 is 38.4. The van der Waals surface area contributed by atoms with Crippen molar-refractivity contribution in [3.63, 3.8) is 0 Å². The molecule has 0 bridgehead atoms. The van der Waals surface area contributed by atoms with Crippen LogP contribution in [0.1, 0.15) is 21.5 Å². The van der Waals surface area contributed by atoms with Crippen molar-refractivity contribution in [2.24, 2.45) is 0 Å². The van der Waals surface area contributed by atoms with Gasteiger partial charge in [0.25, 0.3) is 0 Å². The highest BCUT2D eigenvalue weighted by Gasteiger charge is 2.22. The van der Waals surface area contributed by atoms with Crippen LogP contribution in [0.2, 0.25) is 0 Å². The summed E-state index contributed by atoms with van der Waals surface area (Å²) in [5.74, 6) is -2.31. The Hall–Kier alpha value is -2.21. The van der Waals surface area contributed by atoms with E-state index in [0.717, 1.165) is 0 Å². The zero-order valence-electron chi connectivity index (χ0n) is 11.2. The van der Waals surface area contributed by atoms with Gasteiger partial charge in [-0.1, -0.05) is 24.3 Å². The molecule has 0 unspecified atom stereocenters. The molecule has 2 aromatic rings. The van der Waals surface area contributed by atoms with Crippen LogP contribution in [-0.2, 0) is 15.6 Å². The molecular weight excluding hydrogens is 295 g/mol. The van der Waals surface area contributed by atoms with Crippen molar-refractivity contribution in [1.82, 2.24) is 0 Å². The first-order chi connectivity index (χ1) is 9.83. The van der Waals surface area contributed by atoms with Gasteiger partial charge in [0.2, 0.25) is 0 Å². The Morgan fingerprint density at radius 2 is 1.81 bits per heavy atom. The lowest BCUT2D eigenvalue weighted by atomic mass is 10.1. The Bertz CT molecular complexity index is 797. The molecule has 0 spiro atoms. The first kappa shape index (κ1) is 15.2. The average molecular weight is 308 g/mol. The number of sulfone groups is 1. The van der Waals surface area contributed by atoms with Gasteiger partial charge >= 0.3 is 5.97 Å². The van der Waals surface area contributed by atoms with Crippen molar-refractivity contribution in [3.05, 3.63) is 65.0 Å². The molecule has 0 atom stereocenters. The van der Waals surface area contributed by atoms with Gasteiger partial charge in [-0.2, -0.15) is 0 Å². The molecule has 110 valence electrons. The molecule has 6 heteroatoms. The van der Waals surface area contributed by atoms with Crippen LogP contribution in [0.5, 0.6) is 0 Å². The number of halogens is 1. The molecule has 0 saturated carbocycles. The lowest BCUT2D eigenvalue weighted by Gasteiger charge is -2.10. The maximum atomic E-state index is 13.6. The third-order valence-corrected chi connectivity index (χ3v) is 4.96. The third-order valence-electron chi connectivity index (χ3n) is 3.15. The number of benzene rings is 2. The van der Waals surface area contributed by atoms with Gasteiger partial charge in [0.1, 0.15) is 5.82 Å². The summed E-state index contributed by atoms with van der Waals surface area (Å²) in [6.07, 6.45) is 0. The Kier molecular flexibility index (Phi) is 4.09. The van der Waals surface area contributed by atoms with Crippen molar-refractivity contribution in [1.29, 1.82) is 0 Å². The molecule has 0 fully saturated rings. The predicted molar refractivity (Wildman–Crippen MR) is 75.4 cm³/mol. The molecule has 0 aliphatic heterocycles. The number of carbonyl (C=O) groups is 1. The lowest BCUT2D eigenvalue weighted by Crippen LogP contribution is -2.11. The summed E-state index contributed by atoms with van der Waals surface area (Å²) >= 11 is 0. The molecule has 0 aliphatic carbocycles. The van der Waals surface area contributed by atoms with Gasteiger partial charge in [-0.3, -0.25) is 0 Å². The van der Waals surface area contributed by atoms with Crippen LogP contribution in [0, 0.1) is 12.7 Å². The Morgan fingerprint density at radius 3 is 2.43 bits per heavy atom. The van der Waals surface area contributed by atoms with E-state index in [1.807, 2.05) is 0 Å². The van der Waals surface area contributed by atoms with Crippen molar-refractivity contribution in [2.75, 3.05) is 0 Å². The summed E-state index contributed by atoms with van der Waals surface area (Å²) in [4.78, 5) is 11.0. The minimum absolute atomic E-state index is 0.0534. The van der Waals surface area contributed by atoms with E-state index in [9.17, 15) is 17.6 Å². The molecule has 2 aromatic carbocycles. The summed E-state index contributed by atoms with van der Waals surface area (Å²) in [7, 11) is -3.83. The number of carboxylic acids is 1. The van der Waals surface area contributed by atoms with Gasteiger partial charge in [-0.05, 0) is 30.7 Å². The fourth-order valence-electron chi connectivity index (χ4n) is 2.08. The zero-order chi connectivity index (χ0) is 15.6. The molecule has 0 aromatic heterocycles. The van der Waals surface area contributed by atoms with E-state index >= 15 is 0 Å². The fourth-order valence-corrected chi connectivity index (χ4v) is 3.74. The second-order valence-corrected chi connectivity index (χ2v) is 6.54. The van der Waals surface area contributed by atoms with Crippen LogP contribution in [0.4, 0.5) is 4.39 Å². The quantitative estimate of drug-likeness (QED) is 0.942. The lowest BCUT2D eigenvalue weighted by molar-refractivity contribution is 0.0696. The summed E-state index contributed by atoms with van der Waals surface area (Å²) in [5.41, 5.74) is 0.128. The first-order valence-corrected chi connectivity index (χ1v) is 7.77. The second kappa shape index (κ2) is 5.65. The molecular formula is C15H13FO4S. The Labute approximate surface area is 121 Å². The van der Waals surface area contributed by atoms with E-state index in [2.05, 4.69) is 0 Å². The number of hydrogen-bond donors (Lipinski definition) is 1. The zero-order valence-corrected chi connectivity index (χ0v) is 12.0. The van der Waals surface area contributed by atoms with Crippen LogP contribution in [0.3, 0.4) is 0 Å². The van der Waals surface area contributed by atoms with Crippen LogP contribution < -0.4 is 0 Å². The van der Waals surface area contributed by atoms with E-state index < -0.39 is 27.4 Å². The molecule has 0 heterocycles. The number of hydrogen-bond acceptors (Lipinski definition) is 3. The van der Waals surface area contributed by atoms with E-state index in [0.29, 0.717) is 0 Å². The van der Waals surface area contributed by atoms with E-state index in [-0.39, 0.29) is 21.6 Å². The van der Waals surface area contributed by atoms with E-state index in [1.54, 1.807) is 6.07 Å². The molecule has 21 heavy (non-hydrogen) atoms.